The van der Waals surface area contributed by atoms with Crippen LogP contribution in [0.3, 0.4) is 0 Å². The zero-order valence-electron chi connectivity index (χ0n) is 17.4. The second kappa shape index (κ2) is 9.55. The number of carbonyl (C=O) groups excluding carboxylic acids is 1. The van der Waals surface area contributed by atoms with Crippen molar-refractivity contribution < 1.29 is 13.2 Å². The van der Waals surface area contributed by atoms with Gasteiger partial charge in [-0.05, 0) is 63.2 Å². The maximum absolute atomic E-state index is 12.2. The summed E-state index contributed by atoms with van der Waals surface area (Å²) in [4.78, 5) is 21.3. The summed E-state index contributed by atoms with van der Waals surface area (Å²) >= 11 is 0. The maximum Gasteiger partial charge on any atom is 0.238 e. The number of nitrogens with zero attached hydrogens (tertiary/aromatic N) is 3. The molecule has 2 aromatic rings. The van der Waals surface area contributed by atoms with E-state index < -0.39 is 10.0 Å². The summed E-state index contributed by atoms with van der Waals surface area (Å²) < 4.78 is 22.6. The molecule has 1 saturated heterocycles. The Bertz CT molecular complexity index is 951. The van der Waals surface area contributed by atoms with Crippen LogP contribution in [0, 0.1) is 0 Å². The van der Waals surface area contributed by atoms with Gasteiger partial charge in [-0.1, -0.05) is 12.1 Å². The Morgan fingerprint density at radius 2 is 1.83 bits per heavy atom. The molecule has 0 unspecified atom stereocenters. The van der Waals surface area contributed by atoms with Crippen LogP contribution in [0.2, 0.25) is 0 Å². The zero-order chi connectivity index (χ0) is 21.7. The summed E-state index contributed by atoms with van der Waals surface area (Å²) in [6, 6.07) is 10.7. The number of aromatic nitrogens is 1. The highest BCUT2D eigenvalue weighted by molar-refractivity contribution is 7.89. The molecule has 0 atom stereocenters. The van der Waals surface area contributed by atoms with Crippen molar-refractivity contribution >= 4 is 27.4 Å². The summed E-state index contributed by atoms with van der Waals surface area (Å²) in [5.41, 5.74) is 1.93. The quantitative estimate of drug-likeness (QED) is 0.692. The minimum Gasteiger partial charge on any atom is -0.370 e. The second-order valence-electron chi connectivity index (χ2n) is 7.82. The number of amides is 1. The third-order valence-electron chi connectivity index (χ3n) is 5.47. The van der Waals surface area contributed by atoms with Gasteiger partial charge in [-0.3, -0.25) is 4.79 Å². The number of pyridine rings is 1. The summed E-state index contributed by atoms with van der Waals surface area (Å²) in [7, 11) is 0.545. The van der Waals surface area contributed by atoms with Crippen LogP contribution in [0.1, 0.15) is 24.8 Å². The molecule has 3 rings (SSSR count). The standard InChI is InChI=1S/C21H29N5O3S/c1-25(2)17-11-13-26(14-12-17)18-6-9-20(23-15-18)24-21(27)10-5-16-3-7-19(8-4-16)30(22,28)29/h3-4,6-9,15,17H,5,10-14H2,1-2H3,(H2,22,28,29)(H,23,24,27). The number of anilines is 2. The van der Waals surface area contributed by atoms with E-state index in [2.05, 4.69) is 34.2 Å². The number of primary sulfonamides is 1. The smallest absolute Gasteiger partial charge is 0.238 e. The van der Waals surface area contributed by atoms with Gasteiger partial charge in [-0.25, -0.2) is 18.5 Å². The van der Waals surface area contributed by atoms with E-state index in [-0.39, 0.29) is 17.2 Å². The lowest BCUT2D eigenvalue weighted by atomic mass is 10.0. The van der Waals surface area contributed by atoms with Crippen LogP contribution in [0.4, 0.5) is 11.5 Å². The molecular formula is C21H29N5O3S. The van der Waals surface area contributed by atoms with Gasteiger partial charge in [0.1, 0.15) is 5.82 Å². The molecule has 0 radical (unpaired) electrons. The molecule has 30 heavy (non-hydrogen) atoms. The van der Waals surface area contributed by atoms with Gasteiger partial charge in [0.15, 0.2) is 0 Å². The molecular weight excluding hydrogens is 402 g/mol. The Labute approximate surface area is 178 Å². The number of carbonyl (C=O) groups is 1. The molecule has 9 heteroatoms. The summed E-state index contributed by atoms with van der Waals surface area (Å²) in [5.74, 6) is 0.383. The molecule has 0 aliphatic carbocycles. The number of rotatable bonds is 7. The zero-order valence-corrected chi connectivity index (χ0v) is 18.2. The van der Waals surface area contributed by atoms with Crippen molar-refractivity contribution in [2.75, 3.05) is 37.4 Å². The van der Waals surface area contributed by atoms with Crippen molar-refractivity contribution in [3.63, 3.8) is 0 Å². The molecule has 0 bridgehead atoms. The van der Waals surface area contributed by atoms with E-state index in [0.717, 1.165) is 37.2 Å². The molecule has 0 saturated carbocycles. The van der Waals surface area contributed by atoms with E-state index in [1.807, 2.05) is 12.1 Å². The first-order chi connectivity index (χ1) is 14.2. The Morgan fingerprint density at radius 3 is 2.37 bits per heavy atom. The number of sulfonamides is 1. The summed E-state index contributed by atoms with van der Waals surface area (Å²) in [5, 5.41) is 7.90. The van der Waals surface area contributed by atoms with Crippen LogP contribution < -0.4 is 15.4 Å². The van der Waals surface area contributed by atoms with E-state index in [9.17, 15) is 13.2 Å². The predicted molar refractivity (Wildman–Crippen MR) is 118 cm³/mol. The summed E-state index contributed by atoms with van der Waals surface area (Å²) in [6.07, 6.45) is 4.83. The molecule has 1 amide bonds. The lowest BCUT2D eigenvalue weighted by Gasteiger charge is -2.36. The first-order valence-electron chi connectivity index (χ1n) is 10.0. The van der Waals surface area contributed by atoms with Gasteiger partial charge in [0, 0.05) is 25.6 Å². The Morgan fingerprint density at radius 1 is 1.17 bits per heavy atom. The fourth-order valence-electron chi connectivity index (χ4n) is 3.60. The number of hydrogen-bond acceptors (Lipinski definition) is 6. The van der Waals surface area contributed by atoms with Crippen molar-refractivity contribution in [3.8, 4) is 0 Å². The lowest BCUT2D eigenvalue weighted by molar-refractivity contribution is -0.116. The lowest BCUT2D eigenvalue weighted by Crippen LogP contribution is -2.42. The number of hydrogen-bond donors (Lipinski definition) is 2. The molecule has 1 aromatic heterocycles. The Hall–Kier alpha value is -2.49. The van der Waals surface area contributed by atoms with Crippen LogP contribution in [0.5, 0.6) is 0 Å². The van der Waals surface area contributed by atoms with Gasteiger partial charge in [0.2, 0.25) is 15.9 Å². The van der Waals surface area contributed by atoms with Gasteiger partial charge in [-0.2, -0.15) is 0 Å². The normalized spacial score (nSPS) is 15.4. The Kier molecular flexibility index (Phi) is 7.06. The number of aryl methyl sites for hydroxylation is 1. The van der Waals surface area contributed by atoms with Gasteiger partial charge in [0.25, 0.3) is 0 Å². The highest BCUT2D eigenvalue weighted by atomic mass is 32.2. The monoisotopic (exact) mass is 431 g/mol. The average molecular weight is 432 g/mol. The van der Waals surface area contributed by atoms with Gasteiger partial charge >= 0.3 is 0 Å². The predicted octanol–water partition coefficient (Wildman–Crippen LogP) is 1.83. The van der Waals surface area contributed by atoms with Crippen LogP contribution in [0.25, 0.3) is 0 Å². The van der Waals surface area contributed by atoms with E-state index in [1.165, 1.54) is 12.1 Å². The van der Waals surface area contributed by atoms with Crippen LogP contribution in [0.15, 0.2) is 47.5 Å². The van der Waals surface area contributed by atoms with Crippen molar-refractivity contribution in [3.05, 3.63) is 48.2 Å². The molecule has 3 N–H and O–H groups in total. The van der Waals surface area contributed by atoms with Crippen molar-refractivity contribution in [2.45, 2.75) is 36.6 Å². The fraction of sp³-hybridized carbons (Fsp3) is 0.429. The van der Waals surface area contributed by atoms with E-state index in [1.54, 1.807) is 18.3 Å². The molecule has 1 aliphatic rings. The second-order valence-corrected chi connectivity index (χ2v) is 9.38. The third-order valence-corrected chi connectivity index (χ3v) is 6.40. The maximum atomic E-state index is 12.2. The highest BCUT2D eigenvalue weighted by Gasteiger charge is 2.20. The highest BCUT2D eigenvalue weighted by Crippen LogP contribution is 2.22. The number of nitrogens with two attached hydrogens (primary N) is 1. The van der Waals surface area contributed by atoms with Crippen molar-refractivity contribution in [1.82, 2.24) is 9.88 Å². The molecule has 1 fully saturated rings. The van der Waals surface area contributed by atoms with Crippen LogP contribution >= 0.6 is 0 Å². The molecule has 2 heterocycles. The van der Waals surface area contributed by atoms with Gasteiger partial charge in [0.05, 0.1) is 16.8 Å². The fourth-order valence-corrected chi connectivity index (χ4v) is 4.11. The molecule has 162 valence electrons. The minimum atomic E-state index is -3.70. The SMILES string of the molecule is CN(C)C1CCN(c2ccc(NC(=O)CCc3ccc(S(N)(=O)=O)cc3)nc2)CC1. The minimum absolute atomic E-state index is 0.0610. The van der Waals surface area contributed by atoms with E-state index in [4.69, 9.17) is 5.14 Å². The topological polar surface area (TPSA) is 109 Å². The molecule has 8 nitrogen and oxygen atoms in total. The van der Waals surface area contributed by atoms with Crippen molar-refractivity contribution in [1.29, 1.82) is 0 Å². The largest absolute Gasteiger partial charge is 0.370 e. The molecule has 0 spiro atoms. The number of piperidine rings is 1. The first kappa shape index (κ1) is 22.2. The Balaban J connectivity index is 1.48. The molecule has 1 aromatic carbocycles. The van der Waals surface area contributed by atoms with Crippen LogP contribution in [-0.4, -0.2) is 57.4 Å². The van der Waals surface area contributed by atoms with Crippen LogP contribution in [-0.2, 0) is 21.2 Å². The average Bonchev–Trinajstić information content (AvgIpc) is 2.72. The van der Waals surface area contributed by atoms with E-state index >= 15 is 0 Å². The van der Waals surface area contributed by atoms with Gasteiger partial charge in [-0.15, -0.1) is 0 Å². The number of benzene rings is 1. The number of nitrogens with one attached hydrogen (secondary N) is 1. The first-order valence-corrected chi connectivity index (χ1v) is 11.6. The van der Waals surface area contributed by atoms with Gasteiger partial charge < -0.3 is 15.1 Å². The third kappa shape index (κ3) is 6.01. The van der Waals surface area contributed by atoms with Crippen molar-refractivity contribution in [2.24, 2.45) is 5.14 Å². The van der Waals surface area contributed by atoms with E-state index in [0.29, 0.717) is 18.3 Å². The summed E-state index contributed by atoms with van der Waals surface area (Å²) in [6.45, 7) is 2.00. The molecule has 1 aliphatic heterocycles.